The van der Waals surface area contributed by atoms with Gasteiger partial charge in [0.2, 0.25) is 21.9 Å². The smallest absolute Gasteiger partial charge is 0.329 e. The number of anilines is 2. The predicted octanol–water partition coefficient (Wildman–Crippen LogP) is 4.04. The maximum Gasteiger partial charge on any atom is 0.329 e. The first-order valence-electron chi connectivity index (χ1n) is 17.8. The number of nitrogens with zero attached hydrogens (tertiary/aromatic N) is 7. The number of carbonyl (C=O) groups is 2. The van der Waals surface area contributed by atoms with E-state index in [1.54, 1.807) is 17.7 Å². The molecule has 282 valence electrons. The summed E-state index contributed by atoms with van der Waals surface area (Å²) in [6.07, 6.45) is 6.15. The Hall–Kier alpha value is -4.22. The molecule has 1 unspecified atom stereocenters. The molecule has 0 aliphatic carbocycles. The maximum atomic E-state index is 15.4. The second kappa shape index (κ2) is 14.9. The summed E-state index contributed by atoms with van der Waals surface area (Å²) in [6, 6.07) is 9.79. The third kappa shape index (κ3) is 8.16. The number of β-amino-alcohol motifs (C(OH)–C–C–N with tert-alkyl or cyclic N) is 1. The first-order chi connectivity index (χ1) is 25.3. The summed E-state index contributed by atoms with van der Waals surface area (Å²) in [5, 5.41) is 22.8. The molecule has 0 radical (unpaired) electrons. The van der Waals surface area contributed by atoms with Gasteiger partial charge in [0.15, 0.2) is 5.82 Å². The van der Waals surface area contributed by atoms with Gasteiger partial charge in [0.05, 0.1) is 28.5 Å². The molecule has 4 aromatic rings. The van der Waals surface area contributed by atoms with E-state index in [1.807, 2.05) is 13.1 Å². The fourth-order valence-corrected chi connectivity index (χ4v) is 9.30. The lowest BCUT2D eigenvalue weighted by molar-refractivity contribution is -0.120. The van der Waals surface area contributed by atoms with Gasteiger partial charge >= 0.3 is 6.03 Å². The molecule has 7 rings (SSSR count). The summed E-state index contributed by atoms with van der Waals surface area (Å²) in [6.45, 7) is 4.37. The van der Waals surface area contributed by atoms with E-state index in [0.717, 1.165) is 36.8 Å². The van der Waals surface area contributed by atoms with Crippen LogP contribution in [0.15, 0.2) is 53.7 Å². The van der Waals surface area contributed by atoms with Crippen molar-refractivity contribution in [1.82, 2.24) is 34.3 Å². The minimum Gasteiger partial charge on any atom is -0.388 e. The second-order valence-electron chi connectivity index (χ2n) is 14.5. The average Bonchev–Trinajstić information content (AvgIpc) is 3.44. The molecule has 1 atom stereocenters. The molecule has 2 aromatic heterocycles. The molecule has 14 nitrogen and oxygen atoms in total. The number of amides is 3. The van der Waals surface area contributed by atoms with Crippen LogP contribution in [-0.4, -0.2) is 105 Å². The highest BCUT2D eigenvalue weighted by Gasteiger charge is 2.34. The molecule has 3 saturated heterocycles. The zero-order chi connectivity index (χ0) is 37.5. The molecular weight excluding hydrogens is 725 g/mol. The molecule has 3 N–H and O–H groups in total. The Balaban J connectivity index is 0.920. The van der Waals surface area contributed by atoms with Crippen LogP contribution in [0.5, 0.6) is 0 Å². The molecule has 3 aliphatic heterocycles. The van der Waals surface area contributed by atoms with E-state index in [4.69, 9.17) is 11.6 Å². The number of hydrogen-bond donors (Lipinski definition) is 3. The Morgan fingerprint density at radius 2 is 1.74 bits per heavy atom. The van der Waals surface area contributed by atoms with Gasteiger partial charge in [-0.05, 0) is 87.0 Å². The Bertz CT molecular complexity index is 2120. The first kappa shape index (κ1) is 37.1. The van der Waals surface area contributed by atoms with Gasteiger partial charge in [-0.25, -0.2) is 27.6 Å². The van der Waals surface area contributed by atoms with Gasteiger partial charge in [0, 0.05) is 57.5 Å². The lowest BCUT2D eigenvalue weighted by Gasteiger charge is -2.37. The summed E-state index contributed by atoms with van der Waals surface area (Å²) in [7, 11) is -2.21. The highest BCUT2D eigenvalue weighted by atomic mass is 35.5. The Morgan fingerprint density at radius 1 is 1.02 bits per heavy atom. The van der Waals surface area contributed by atoms with Crippen molar-refractivity contribution in [2.24, 2.45) is 7.05 Å². The number of rotatable bonds is 10. The lowest BCUT2D eigenvalue weighted by Crippen LogP contribution is -2.49. The number of halogens is 2. The molecular formula is C36H43ClFN9O5S. The van der Waals surface area contributed by atoms with Gasteiger partial charge in [-0.2, -0.15) is 9.40 Å². The fourth-order valence-electron chi connectivity index (χ4n) is 7.69. The molecule has 5 heterocycles. The summed E-state index contributed by atoms with van der Waals surface area (Å²) in [5.41, 5.74) is 1.43. The Morgan fingerprint density at radius 3 is 2.42 bits per heavy atom. The number of piperidine rings is 2. The number of aliphatic hydroxyl groups is 1. The summed E-state index contributed by atoms with van der Waals surface area (Å²) in [5.74, 6) is 0.129. The van der Waals surface area contributed by atoms with Gasteiger partial charge < -0.3 is 15.3 Å². The fraction of sp³-hybridized carbons (Fsp3) is 0.472. The molecule has 0 spiro atoms. The summed E-state index contributed by atoms with van der Waals surface area (Å²) >= 11 is 5.85. The monoisotopic (exact) mass is 767 g/mol. The number of imide groups is 1. The van der Waals surface area contributed by atoms with E-state index in [0.29, 0.717) is 47.7 Å². The lowest BCUT2D eigenvalue weighted by atomic mass is 9.88. The van der Waals surface area contributed by atoms with E-state index >= 15 is 4.39 Å². The van der Waals surface area contributed by atoms with E-state index < -0.39 is 27.5 Å². The predicted molar refractivity (Wildman–Crippen MR) is 198 cm³/mol. The standard InChI is InChI=1S/C36H43ClFN9O5S/c1-36(50,19-23-3-6-31(29(38)17-23)53(51,52)46-14-9-27(10-15-46)41-34-39-20-26(37)21-40-34)22-45-12-7-24(8-13-45)25-4-5-28-30(18-25)44(2)43-33(28)47-16-11-32(48)42-35(47)49/h3-6,17-18,20-21,24,27,50H,7-16,19,22H2,1-2H3,(H,39,40,41)(H,42,48,49). The molecule has 0 bridgehead atoms. The van der Waals surface area contributed by atoms with Crippen LogP contribution in [0, 0.1) is 5.82 Å². The highest BCUT2D eigenvalue weighted by molar-refractivity contribution is 7.89. The normalized spacial score (nSPS) is 19.8. The minimum absolute atomic E-state index is 0.0282. The van der Waals surface area contributed by atoms with Crippen molar-refractivity contribution in [2.45, 2.75) is 67.9 Å². The summed E-state index contributed by atoms with van der Waals surface area (Å²) in [4.78, 5) is 35.7. The molecule has 3 fully saturated rings. The zero-order valence-corrected chi connectivity index (χ0v) is 31.2. The first-order valence-corrected chi connectivity index (χ1v) is 19.6. The number of aromatic nitrogens is 4. The van der Waals surface area contributed by atoms with Gasteiger partial charge in [0.1, 0.15) is 10.7 Å². The van der Waals surface area contributed by atoms with Crippen LogP contribution in [-0.2, 0) is 28.3 Å². The molecule has 53 heavy (non-hydrogen) atoms. The van der Waals surface area contributed by atoms with E-state index in [1.165, 1.54) is 39.3 Å². The molecule has 2 aromatic carbocycles. The number of hydrogen-bond acceptors (Lipinski definition) is 10. The van der Waals surface area contributed by atoms with E-state index in [-0.39, 0.29) is 49.3 Å². The second-order valence-corrected chi connectivity index (χ2v) is 16.9. The third-order valence-corrected chi connectivity index (χ3v) is 12.5. The number of benzene rings is 2. The number of carbonyl (C=O) groups excluding carboxylic acids is 2. The molecule has 3 amide bonds. The van der Waals surface area contributed by atoms with Crippen molar-refractivity contribution < 1.29 is 27.5 Å². The highest BCUT2D eigenvalue weighted by Crippen LogP contribution is 2.34. The van der Waals surface area contributed by atoms with Crippen LogP contribution in [0.25, 0.3) is 10.9 Å². The van der Waals surface area contributed by atoms with E-state index in [9.17, 15) is 23.1 Å². The Labute approximate surface area is 312 Å². The van der Waals surface area contributed by atoms with Crippen molar-refractivity contribution in [3.05, 3.63) is 70.8 Å². The molecule has 0 saturated carbocycles. The van der Waals surface area contributed by atoms with Crippen LogP contribution in [0.2, 0.25) is 5.02 Å². The minimum atomic E-state index is -4.05. The molecule has 3 aliphatic rings. The van der Waals surface area contributed by atoms with E-state index in [2.05, 4.69) is 42.7 Å². The SMILES string of the molecule is Cn1nc(N2CCC(=O)NC2=O)c2ccc(C3CCN(CC(C)(O)Cc4ccc(S(=O)(=O)N5CCC(Nc6ncc(Cl)cn6)CC5)c(F)c4)CC3)cc21. The van der Waals surface area contributed by atoms with Crippen molar-refractivity contribution in [1.29, 1.82) is 0 Å². The van der Waals surface area contributed by atoms with Crippen LogP contribution in [0.4, 0.5) is 21.0 Å². The Kier molecular flexibility index (Phi) is 10.4. The van der Waals surface area contributed by atoms with Crippen LogP contribution >= 0.6 is 11.6 Å². The number of urea groups is 1. The number of nitrogens with one attached hydrogen (secondary N) is 2. The van der Waals surface area contributed by atoms with Crippen molar-refractivity contribution >= 4 is 56.2 Å². The van der Waals surface area contributed by atoms with Crippen LogP contribution < -0.4 is 15.5 Å². The largest absolute Gasteiger partial charge is 0.388 e. The maximum absolute atomic E-state index is 15.4. The van der Waals surface area contributed by atoms with Crippen LogP contribution in [0.3, 0.4) is 0 Å². The van der Waals surface area contributed by atoms with Crippen molar-refractivity contribution in [2.75, 3.05) is 49.5 Å². The average molecular weight is 768 g/mol. The van der Waals surface area contributed by atoms with Gasteiger partial charge in [0.25, 0.3) is 0 Å². The summed E-state index contributed by atoms with van der Waals surface area (Å²) < 4.78 is 45.3. The van der Waals surface area contributed by atoms with Crippen LogP contribution in [0.1, 0.15) is 56.1 Å². The number of likely N-dealkylation sites (tertiary alicyclic amines) is 1. The molecule has 17 heteroatoms. The van der Waals surface area contributed by atoms with Gasteiger partial charge in [-0.15, -0.1) is 0 Å². The number of sulfonamides is 1. The zero-order valence-electron chi connectivity index (χ0n) is 29.6. The number of fused-ring (bicyclic) bond motifs is 1. The topological polar surface area (TPSA) is 166 Å². The van der Waals surface area contributed by atoms with Crippen molar-refractivity contribution in [3.8, 4) is 0 Å². The van der Waals surface area contributed by atoms with Gasteiger partial charge in [-0.1, -0.05) is 23.7 Å². The van der Waals surface area contributed by atoms with Gasteiger partial charge in [-0.3, -0.25) is 19.7 Å². The number of aryl methyl sites for hydroxylation is 1. The van der Waals surface area contributed by atoms with Crippen molar-refractivity contribution in [3.63, 3.8) is 0 Å². The third-order valence-electron chi connectivity index (χ3n) is 10.4. The quantitative estimate of drug-likeness (QED) is 0.215.